The number of hydrogen-bond donors (Lipinski definition) is 0. The zero-order valence-electron chi connectivity index (χ0n) is 24.1. The van der Waals surface area contributed by atoms with Crippen molar-refractivity contribution in [2.45, 2.75) is 117 Å². The van der Waals surface area contributed by atoms with Gasteiger partial charge in [0.2, 0.25) is 5.82 Å². The van der Waals surface area contributed by atoms with E-state index in [4.69, 9.17) is 14.2 Å². The van der Waals surface area contributed by atoms with Crippen molar-refractivity contribution in [1.29, 1.82) is 0 Å². The Labute approximate surface area is 234 Å². The monoisotopic (exact) mass is 546 g/mol. The highest BCUT2D eigenvalue weighted by molar-refractivity contribution is 5.91. The summed E-state index contributed by atoms with van der Waals surface area (Å²) in [5.41, 5.74) is -0.470. The molecule has 0 aliphatic heterocycles. The van der Waals surface area contributed by atoms with E-state index in [0.29, 0.717) is 19.0 Å². The maximum Gasteiger partial charge on any atom is 0.346 e. The second-order valence-corrected chi connectivity index (χ2v) is 10.2. The predicted octanol–water partition coefficient (Wildman–Crippen LogP) is 10.2. The van der Waals surface area contributed by atoms with Gasteiger partial charge in [0.05, 0.1) is 18.8 Å². The van der Waals surface area contributed by atoms with E-state index in [1.165, 1.54) is 82.8 Å². The number of esters is 1. The van der Waals surface area contributed by atoms with Crippen molar-refractivity contribution < 1.29 is 27.8 Å². The van der Waals surface area contributed by atoms with Crippen LogP contribution < -0.4 is 14.2 Å². The summed E-state index contributed by atoms with van der Waals surface area (Å²) in [6, 6.07) is 9.04. The van der Waals surface area contributed by atoms with Crippen LogP contribution in [-0.2, 0) is 0 Å². The van der Waals surface area contributed by atoms with Gasteiger partial charge in [-0.05, 0) is 49.2 Å². The molecule has 2 aromatic rings. The Bertz CT molecular complexity index is 930. The fraction of sp³-hybridized carbons (Fsp3) is 0.606. The molecule has 0 N–H and O–H groups in total. The minimum Gasteiger partial charge on any atom is -0.494 e. The summed E-state index contributed by atoms with van der Waals surface area (Å²) in [5.74, 6) is -2.69. The summed E-state index contributed by atoms with van der Waals surface area (Å²) in [5, 5.41) is 0. The van der Waals surface area contributed by atoms with Crippen LogP contribution >= 0.6 is 0 Å². The van der Waals surface area contributed by atoms with Crippen LogP contribution in [0.25, 0.3) is 0 Å². The SMILES string of the molecule is CCCCCCCCCCOc1ccc(OC(=O)c2ccc(OCCCCCCCCCC)c(F)c2F)cc1. The van der Waals surface area contributed by atoms with Gasteiger partial charge in [-0.1, -0.05) is 104 Å². The molecule has 0 aliphatic carbocycles. The Morgan fingerprint density at radius 2 is 1.03 bits per heavy atom. The molecule has 6 heteroatoms. The van der Waals surface area contributed by atoms with Gasteiger partial charge in [-0.15, -0.1) is 0 Å². The normalized spacial score (nSPS) is 11.0. The number of carbonyl (C=O) groups is 1. The smallest absolute Gasteiger partial charge is 0.346 e. The highest BCUT2D eigenvalue weighted by Crippen LogP contribution is 2.25. The van der Waals surface area contributed by atoms with Gasteiger partial charge in [-0.3, -0.25) is 0 Å². The van der Waals surface area contributed by atoms with Crippen LogP contribution in [0.5, 0.6) is 17.2 Å². The quantitative estimate of drug-likeness (QED) is 0.0837. The van der Waals surface area contributed by atoms with Crippen LogP contribution in [0, 0.1) is 11.6 Å². The maximum atomic E-state index is 14.6. The lowest BCUT2D eigenvalue weighted by Crippen LogP contribution is -2.12. The van der Waals surface area contributed by atoms with Crippen LogP contribution in [0.3, 0.4) is 0 Å². The van der Waals surface area contributed by atoms with Gasteiger partial charge in [0.25, 0.3) is 0 Å². The number of ether oxygens (including phenoxy) is 3. The van der Waals surface area contributed by atoms with Crippen LogP contribution in [0.1, 0.15) is 127 Å². The lowest BCUT2D eigenvalue weighted by atomic mass is 10.1. The van der Waals surface area contributed by atoms with E-state index >= 15 is 0 Å². The van der Waals surface area contributed by atoms with Crippen molar-refractivity contribution in [3.63, 3.8) is 0 Å². The molecule has 0 spiro atoms. The van der Waals surface area contributed by atoms with E-state index in [-0.39, 0.29) is 11.5 Å². The van der Waals surface area contributed by atoms with E-state index in [9.17, 15) is 13.6 Å². The average Bonchev–Trinajstić information content (AvgIpc) is 2.94. The van der Waals surface area contributed by atoms with Crippen LogP contribution in [0.15, 0.2) is 36.4 Å². The van der Waals surface area contributed by atoms with E-state index < -0.39 is 23.2 Å². The van der Waals surface area contributed by atoms with Gasteiger partial charge >= 0.3 is 5.97 Å². The molecule has 2 rings (SSSR count). The predicted molar refractivity (Wildman–Crippen MR) is 154 cm³/mol. The maximum absolute atomic E-state index is 14.6. The fourth-order valence-electron chi connectivity index (χ4n) is 4.41. The molecule has 0 aromatic heterocycles. The Hall–Kier alpha value is -2.63. The zero-order chi connectivity index (χ0) is 28.1. The molecule has 0 amide bonds. The van der Waals surface area contributed by atoms with E-state index in [1.54, 1.807) is 24.3 Å². The van der Waals surface area contributed by atoms with Crippen molar-refractivity contribution in [3.8, 4) is 17.2 Å². The molecular formula is C33H48F2O4. The van der Waals surface area contributed by atoms with Crippen molar-refractivity contribution in [1.82, 2.24) is 0 Å². The Balaban J connectivity index is 1.69. The van der Waals surface area contributed by atoms with Gasteiger partial charge in [0, 0.05) is 0 Å². The summed E-state index contributed by atoms with van der Waals surface area (Å²) in [4.78, 5) is 12.5. The summed E-state index contributed by atoms with van der Waals surface area (Å²) in [6.07, 6.45) is 18.9. The molecule has 0 aliphatic rings. The summed E-state index contributed by atoms with van der Waals surface area (Å²) in [6.45, 7) is 5.36. The van der Waals surface area contributed by atoms with Crippen LogP contribution in [0.4, 0.5) is 8.78 Å². The van der Waals surface area contributed by atoms with Gasteiger partial charge in [-0.2, -0.15) is 4.39 Å². The van der Waals surface area contributed by atoms with Crippen LogP contribution in [-0.4, -0.2) is 19.2 Å². The van der Waals surface area contributed by atoms with E-state index in [0.717, 1.165) is 32.1 Å². The number of halogens is 2. The minimum absolute atomic E-state index is 0.190. The molecule has 218 valence electrons. The number of carbonyl (C=O) groups excluding carboxylic acids is 1. The first kappa shape index (κ1) is 32.6. The van der Waals surface area contributed by atoms with Crippen molar-refractivity contribution in [2.75, 3.05) is 13.2 Å². The topological polar surface area (TPSA) is 44.8 Å². The first-order chi connectivity index (χ1) is 19.1. The zero-order valence-corrected chi connectivity index (χ0v) is 24.1. The molecule has 0 saturated carbocycles. The number of rotatable bonds is 22. The Kier molecular flexibility index (Phi) is 17.0. The Morgan fingerprint density at radius 3 is 1.56 bits per heavy atom. The first-order valence-electron chi connectivity index (χ1n) is 15.1. The molecular weight excluding hydrogens is 498 g/mol. The summed E-state index contributed by atoms with van der Waals surface area (Å²) in [7, 11) is 0. The second kappa shape index (κ2) is 20.3. The molecule has 0 heterocycles. The molecule has 0 bridgehead atoms. The molecule has 39 heavy (non-hydrogen) atoms. The standard InChI is InChI=1S/C33H48F2O4/c1-3-5-7-9-11-13-15-17-25-37-27-19-21-28(22-20-27)39-33(36)29-23-24-30(32(35)31(29)34)38-26-18-16-14-12-10-8-6-4-2/h19-24H,3-18,25-26H2,1-2H3. The third-order valence-electron chi connectivity index (χ3n) is 6.82. The van der Waals surface area contributed by atoms with Crippen molar-refractivity contribution in [2.24, 2.45) is 0 Å². The number of benzene rings is 2. The molecule has 2 aromatic carbocycles. The average molecular weight is 547 g/mol. The highest BCUT2D eigenvalue weighted by Gasteiger charge is 2.21. The molecule has 0 saturated heterocycles. The van der Waals surface area contributed by atoms with Crippen LogP contribution in [0.2, 0.25) is 0 Å². The Morgan fingerprint density at radius 1 is 0.564 bits per heavy atom. The largest absolute Gasteiger partial charge is 0.494 e. The lowest BCUT2D eigenvalue weighted by Gasteiger charge is -2.11. The third kappa shape index (κ3) is 13.3. The molecule has 0 radical (unpaired) electrons. The number of unbranched alkanes of at least 4 members (excludes halogenated alkanes) is 14. The van der Waals surface area contributed by atoms with Crippen molar-refractivity contribution >= 4 is 5.97 Å². The molecule has 0 fully saturated rings. The van der Waals surface area contributed by atoms with E-state index in [1.807, 2.05) is 0 Å². The molecule has 0 atom stereocenters. The molecule has 0 unspecified atom stereocenters. The highest BCUT2D eigenvalue weighted by atomic mass is 19.2. The van der Waals surface area contributed by atoms with Gasteiger partial charge in [-0.25, -0.2) is 9.18 Å². The second-order valence-electron chi connectivity index (χ2n) is 10.2. The minimum atomic E-state index is -1.27. The number of hydrogen-bond acceptors (Lipinski definition) is 4. The third-order valence-corrected chi connectivity index (χ3v) is 6.82. The van der Waals surface area contributed by atoms with Gasteiger partial charge < -0.3 is 14.2 Å². The van der Waals surface area contributed by atoms with Crippen molar-refractivity contribution in [3.05, 3.63) is 53.6 Å². The lowest BCUT2D eigenvalue weighted by molar-refractivity contribution is 0.0728. The van der Waals surface area contributed by atoms with Gasteiger partial charge in [0.1, 0.15) is 11.5 Å². The summed E-state index contributed by atoms with van der Waals surface area (Å²) < 4.78 is 45.5. The first-order valence-corrected chi connectivity index (χ1v) is 15.1. The molecule has 4 nitrogen and oxygen atoms in total. The van der Waals surface area contributed by atoms with Gasteiger partial charge in [0.15, 0.2) is 11.6 Å². The summed E-state index contributed by atoms with van der Waals surface area (Å²) >= 11 is 0. The van der Waals surface area contributed by atoms with E-state index in [2.05, 4.69) is 13.8 Å². The fourth-order valence-corrected chi connectivity index (χ4v) is 4.41.